The zero-order valence-electron chi connectivity index (χ0n) is 16.7. The van der Waals surface area contributed by atoms with Crippen molar-refractivity contribution < 1.29 is 13.9 Å². The Bertz CT molecular complexity index is 1020. The summed E-state index contributed by atoms with van der Waals surface area (Å²) in [5.74, 6) is 1.66. The van der Waals surface area contributed by atoms with Gasteiger partial charge < -0.3 is 14.1 Å². The maximum atomic E-state index is 12.9. The largest absolute Gasteiger partial charge is 0.494 e. The highest BCUT2D eigenvalue weighted by atomic mass is 35.5. The van der Waals surface area contributed by atoms with E-state index in [1.165, 1.54) is 0 Å². The van der Waals surface area contributed by atoms with Crippen molar-refractivity contribution >= 4 is 23.2 Å². The van der Waals surface area contributed by atoms with E-state index >= 15 is 0 Å². The van der Waals surface area contributed by atoms with E-state index in [1.54, 1.807) is 17.2 Å². The molecule has 0 aliphatic rings. The van der Waals surface area contributed by atoms with Gasteiger partial charge in [-0.1, -0.05) is 23.7 Å². The van der Waals surface area contributed by atoms with Crippen molar-refractivity contribution in [1.82, 2.24) is 4.98 Å². The molecule has 1 aromatic heterocycles. The van der Waals surface area contributed by atoms with Crippen LogP contribution in [0.5, 0.6) is 5.75 Å². The van der Waals surface area contributed by atoms with Gasteiger partial charge in [0, 0.05) is 30.6 Å². The van der Waals surface area contributed by atoms with Gasteiger partial charge in [-0.15, -0.1) is 0 Å². The number of aryl methyl sites for hydroxylation is 1. The normalized spacial score (nSPS) is 10.4. The fourth-order valence-corrected chi connectivity index (χ4v) is 3.24. The Kier molecular flexibility index (Phi) is 7.47. The van der Waals surface area contributed by atoms with E-state index in [2.05, 4.69) is 11.1 Å². The fraction of sp³-hybridized carbons (Fsp3) is 0.261. The Labute approximate surface area is 180 Å². The lowest BCUT2D eigenvalue weighted by Gasteiger charge is -2.22. The summed E-state index contributed by atoms with van der Waals surface area (Å²) >= 11 is 6.20. The van der Waals surface area contributed by atoms with E-state index in [1.807, 2.05) is 49.4 Å². The second kappa shape index (κ2) is 10.5. The van der Waals surface area contributed by atoms with Crippen molar-refractivity contribution in [3.8, 4) is 23.1 Å². The van der Waals surface area contributed by atoms with Crippen LogP contribution in [-0.2, 0) is 11.2 Å². The van der Waals surface area contributed by atoms with Crippen LogP contribution in [0.1, 0.15) is 25.7 Å². The van der Waals surface area contributed by atoms with Gasteiger partial charge in [0.2, 0.25) is 5.91 Å². The van der Waals surface area contributed by atoms with Crippen molar-refractivity contribution in [3.05, 3.63) is 65.6 Å². The number of carbonyl (C=O) groups is 1. The van der Waals surface area contributed by atoms with Gasteiger partial charge >= 0.3 is 0 Å². The molecule has 2 aromatic carbocycles. The number of nitriles is 1. The predicted molar refractivity (Wildman–Crippen MR) is 115 cm³/mol. The van der Waals surface area contributed by atoms with Gasteiger partial charge in [-0.25, -0.2) is 4.98 Å². The minimum absolute atomic E-state index is 0.105. The zero-order chi connectivity index (χ0) is 21.3. The van der Waals surface area contributed by atoms with Gasteiger partial charge in [0.25, 0.3) is 0 Å². The number of hydrogen-bond acceptors (Lipinski definition) is 5. The van der Waals surface area contributed by atoms with Crippen molar-refractivity contribution in [1.29, 1.82) is 5.26 Å². The molecule has 3 aromatic rings. The molecular formula is C23H22ClN3O3. The number of oxazole rings is 1. The molecule has 7 heteroatoms. The first-order valence-electron chi connectivity index (χ1n) is 9.72. The fourth-order valence-electron chi connectivity index (χ4n) is 3.01. The molecule has 0 atom stereocenters. The number of anilines is 1. The standard InChI is InChI=1S/C23H22ClN3O3/c1-2-29-18-10-8-17(9-11-18)27(15-5-14-25)23(28)13-12-22-26-16-21(30-22)19-6-3-4-7-20(19)24/h3-4,6-11,16H,2,5,12-13,15H2,1H3. The molecule has 0 aliphatic carbocycles. The molecule has 0 bridgehead atoms. The first kappa shape index (κ1) is 21.4. The second-order valence-electron chi connectivity index (χ2n) is 6.48. The van der Waals surface area contributed by atoms with E-state index in [0.717, 1.165) is 17.0 Å². The van der Waals surface area contributed by atoms with Gasteiger partial charge in [-0.05, 0) is 43.3 Å². The van der Waals surface area contributed by atoms with Crippen LogP contribution >= 0.6 is 11.6 Å². The second-order valence-corrected chi connectivity index (χ2v) is 6.89. The molecule has 1 heterocycles. The Balaban J connectivity index is 1.67. The molecule has 0 N–H and O–H groups in total. The highest BCUT2D eigenvalue weighted by molar-refractivity contribution is 6.33. The van der Waals surface area contributed by atoms with E-state index < -0.39 is 0 Å². The number of ether oxygens (including phenoxy) is 1. The average molecular weight is 424 g/mol. The van der Waals surface area contributed by atoms with Crippen molar-refractivity contribution in [3.63, 3.8) is 0 Å². The molecule has 0 saturated carbocycles. The Morgan fingerprint density at radius 1 is 1.23 bits per heavy atom. The number of halogens is 1. The molecule has 30 heavy (non-hydrogen) atoms. The zero-order valence-corrected chi connectivity index (χ0v) is 17.4. The Hall–Kier alpha value is -3.30. The number of rotatable bonds is 9. The van der Waals surface area contributed by atoms with Gasteiger partial charge in [0.15, 0.2) is 11.7 Å². The van der Waals surface area contributed by atoms with Gasteiger partial charge in [0.05, 0.1) is 30.3 Å². The third-order valence-electron chi connectivity index (χ3n) is 4.45. The third-order valence-corrected chi connectivity index (χ3v) is 4.78. The maximum Gasteiger partial charge on any atom is 0.227 e. The number of aromatic nitrogens is 1. The minimum Gasteiger partial charge on any atom is -0.494 e. The molecule has 3 rings (SSSR count). The Morgan fingerprint density at radius 2 is 2.00 bits per heavy atom. The van der Waals surface area contributed by atoms with E-state index in [0.29, 0.717) is 36.2 Å². The average Bonchev–Trinajstić information content (AvgIpc) is 3.23. The molecule has 1 amide bonds. The third kappa shape index (κ3) is 5.40. The van der Waals surface area contributed by atoms with E-state index in [9.17, 15) is 4.79 Å². The lowest BCUT2D eigenvalue weighted by molar-refractivity contribution is -0.118. The number of benzene rings is 2. The predicted octanol–water partition coefficient (Wildman–Crippen LogP) is 5.27. The van der Waals surface area contributed by atoms with Crippen LogP contribution in [0.3, 0.4) is 0 Å². The van der Waals surface area contributed by atoms with Gasteiger partial charge in [-0.2, -0.15) is 5.26 Å². The summed E-state index contributed by atoms with van der Waals surface area (Å²) in [7, 11) is 0. The molecule has 0 unspecified atom stereocenters. The number of carbonyl (C=O) groups excluding carboxylic acids is 1. The quantitative estimate of drug-likeness (QED) is 0.468. The summed E-state index contributed by atoms with van der Waals surface area (Å²) in [5.41, 5.74) is 1.48. The van der Waals surface area contributed by atoms with Gasteiger partial charge in [-0.3, -0.25) is 4.79 Å². The molecule has 0 fully saturated rings. The molecule has 0 saturated heterocycles. The van der Waals surface area contributed by atoms with E-state index in [4.69, 9.17) is 26.0 Å². The molecule has 154 valence electrons. The summed E-state index contributed by atoms with van der Waals surface area (Å²) < 4.78 is 11.2. The highest BCUT2D eigenvalue weighted by Gasteiger charge is 2.17. The molecule has 0 aliphatic heterocycles. The van der Waals surface area contributed by atoms with Crippen LogP contribution in [0.2, 0.25) is 5.02 Å². The topological polar surface area (TPSA) is 79.4 Å². The summed E-state index contributed by atoms with van der Waals surface area (Å²) in [6.45, 7) is 2.80. The van der Waals surface area contributed by atoms with Crippen molar-refractivity contribution in [2.24, 2.45) is 0 Å². The molecule has 0 radical (unpaired) electrons. The summed E-state index contributed by atoms with van der Waals surface area (Å²) in [6, 6.07) is 16.7. The highest BCUT2D eigenvalue weighted by Crippen LogP contribution is 2.28. The summed E-state index contributed by atoms with van der Waals surface area (Å²) in [5, 5.41) is 9.53. The van der Waals surface area contributed by atoms with Crippen molar-refractivity contribution in [2.75, 3.05) is 18.1 Å². The lowest BCUT2D eigenvalue weighted by Crippen LogP contribution is -2.32. The van der Waals surface area contributed by atoms with Crippen molar-refractivity contribution in [2.45, 2.75) is 26.2 Å². The monoisotopic (exact) mass is 423 g/mol. The van der Waals surface area contributed by atoms with Crippen LogP contribution in [-0.4, -0.2) is 24.0 Å². The van der Waals surface area contributed by atoms with Crippen LogP contribution in [0.25, 0.3) is 11.3 Å². The van der Waals surface area contributed by atoms with Crippen LogP contribution in [0.15, 0.2) is 59.1 Å². The Morgan fingerprint density at radius 3 is 2.70 bits per heavy atom. The SMILES string of the molecule is CCOc1ccc(N(CCC#N)C(=O)CCc2ncc(-c3ccccc3Cl)o2)cc1. The summed E-state index contributed by atoms with van der Waals surface area (Å²) in [4.78, 5) is 18.7. The first-order valence-corrected chi connectivity index (χ1v) is 10.1. The van der Waals surface area contributed by atoms with Crippen LogP contribution in [0, 0.1) is 11.3 Å². The van der Waals surface area contributed by atoms with Gasteiger partial charge in [0.1, 0.15) is 5.75 Å². The van der Waals surface area contributed by atoms with Crippen LogP contribution < -0.4 is 9.64 Å². The van der Waals surface area contributed by atoms with E-state index in [-0.39, 0.29) is 18.7 Å². The molecule has 6 nitrogen and oxygen atoms in total. The van der Waals surface area contributed by atoms with Crippen LogP contribution in [0.4, 0.5) is 5.69 Å². The first-order chi connectivity index (χ1) is 14.6. The number of hydrogen-bond donors (Lipinski definition) is 0. The minimum atomic E-state index is -0.105. The molecule has 0 spiro atoms. The number of nitrogens with zero attached hydrogens (tertiary/aromatic N) is 3. The smallest absolute Gasteiger partial charge is 0.227 e. The number of amides is 1. The lowest BCUT2D eigenvalue weighted by atomic mass is 10.2. The summed E-state index contributed by atoms with van der Waals surface area (Å²) in [6.07, 6.45) is 2.42. The molecular weight excluding hydrogens is 402 g/mol. The maximum absolute atomic E-state index is 12.9.